The fourth-order valence-corrected chi connectivity index (χ4v) is 7.93. The van der Waals surface area contributed by atoms with Crippen LogP contribution in [0.3, 0.4) is 0 Å². The highest BCUT2D eigenvalue weighted by atomic mass is 32.2. The first kappa shape index (κ1) is 22.1. The molecule has 0 atom stereocenters. The van der Waals surface area contributed by atoms with Crippen LogP contribution in [0.25, 0.3) is 41.6 Å². The van der Waals surface area contributed by atoms with Gasteiger partial charge in [0, 0.05) is 26.6 Å². The molecule has 0 fully saturated rings. The number of nitrogens with zero attached hydrogens (tertiary/aromatic N) is 3. The van der Waals surface area contributed by atoms with Gasteiger partial charge in [-0.05, 0) is 66.7 Å². The van der Waals surface area contributed by atoms with Gasteiger partial charge in [-0.1, -0.05) is 60.3 Å². The van der Waals surface area contributed by atoms with E-state index in [1.165, 1.54) is 30.6 Å². The van der Waals surface area contributed by atoms with Gasteiger partial charge in [-0.15, -0.1) is 22.7 Å². The lowest BCUT2D eigenvalue weighted by Crippen LogP contribution is -2.14. The van der Waals surface area contributed by atoms with Crippen molar-refractivity contribution < 1.29 is 0 Å². The van der Waals surface area contributed by atoms with Gasteiger partial charge in [0.15, 0.2) is 0 Å². The summed E-state index contributed by atoms with van der Waals surface area (Å²) in [6.45, 7) is 0. The van der Waals surface area contributed by atoms with Crippen molar-refractivity contribution in [3.63, 3.8) is 0 Å². The third kappa shape index (κ3) is 3.64. The normalized spacial score (nSPS) is 12.6. The van der Waals surface area contributed by atoms with Crippen molar-refractivity contribution in [3.05, 3.63) is 115 Å². The maximum Gasteiger partial charge on any atom is 0.124 e. The first-order valence-electron chi connectivity index (χ1n) is 12.3. The average molecular weight is 542 g/mol. The molecule has 5 aromatic carbocycles. The molecule has 1 aliphatic heterocycles. The van der Waals surface area contributed by atoms with Crippen LogP contribution in [0.1, 0.15) is 0 Å². The number of aromatic nitrogens is 2. The van der Waals surface area contributed by atoms with Crippen LogP contribution in [0.2, 0.25) is 0 Å². The SMILES string of the molecule is c1ccc2c(c1)Sc1ccccc1N2c1cc(-c2nc3ccccc3s2)cc(-c2nc3ccccc3s2)c1. The van der Waals surface area contributed by atoms with Gasteiger partial charge in [-0.3, -0.25) is 0 Å². The van der Waals surface area contributed by atoms with E-state index in [1.54, 1.807) is 22.7 Å². The Morgan fingerprint density at radius 2 is 0.974 bits per heavy atom. The van der Waals surface area contributed by atoms with E-state index in [2.05, 4.69) is 108 Å². The Labute approximate surface area is 232 Å². The maximum atomic E-state index is 5.01. The fraction of sp³-hybridized carbons (Fsp3) is 0. The highest BCUT2D eigenvalue weighted by Gasteiger charge is 2.25. The number of hydrogen-bond donors (Lipinski definition) is 0. The molecule has 3 heterocycles. The number of rotatable bonds is 3. The summed E-state index contributed by atoms with van der Waals surface area (Å²) in [5.74, 6) is 0. The molecule has 0 bridgehead atoms. The lowest BCUT2D eigenvalue weighted by Gasteiger charge is -2.33. The molecule has 180 valence electrons. The standard InChI is InChI=1S/C32H19N3S3/c1-5-13-27-23(9-1)33-31(37-27)20-17-21(32-34-24-10-2-6-14-28(24)38-32)19-22(18-20)35-25-11-3-7-15-29(25)36-30-16-8-4-12-26(30)35/h1-19H. The van der Waals surface area contributed by atoms with Crippen LogP contribution in [-0.2, 0) is 0 Å². The van der Waals surface area contributed by atoms with Gasteiger partial charge in [-0.2, -0.15) is 0 Å². The Kier molecular flexibility index (Phi) is 5.11. The Morgan fingerprint density at radius 3 is 1.50 bits per heavy atom. The first-order valence-corrected chi connectivity index (χ1v) is 14.8. The molecule has 0 spiro atoms. The van der Waals surface area contributed by atoms with E-state index in [4.69, 9.17) is 9.97 Å². The van der Waals surface area contributed by atoms with Gasteiger partial charge in [0.05, 0.1) is 31.8 Å². The summed E-state index contributed by atoms with van der Waals surface area (Å²) in [7, 11) is 0. The van der Waals surface area contributed by atoms with Gasteiger partial charge >= 0.3 is 0 Å². The van der Waals surface area contributed by atoms with Crippen LogP contribution >= 0.6 is 34.4 Å². The van der Waals surface area contributed by atoms with Crippen molar-refractivity contribution in [3.8, 4) is 21.1 Å². The number of hydrogen-bond acceptors (Lipinski definition) is 6. The minimum absolute atomic E-state index is 1.02. The minimum Gasteiger partial charge on any atom is -0.308 e. The van der Waals surface area contributed by atoms with E-state index in [0.29, 0.717) is 0 Å². The minimum atomic E-state index is 1.02. The fourth-order valence-electron chi connectivity index (χ4n) is 4.96. The smallest absolute Gasteiger partial charge is 0.124 e. The number of thiazole rings is 2. The number of fused-ring (bicyclic) bond motifs is 4. The zero-order valence-corrected chi connectivity index (χ0v) is 22.5. The van der Waals surface area contributed by atoms with Crippen molar-refractivity contribution in [2.45, 2.75) is 9.79 Å². The molecule has 0 radical (unpaired) electrons. The molecule has 38 heavy (non-hydrogen) atoms. The van der Waals surface area contributed by atoms with Crippen molar-refractivity contribution in [1.82, 2.24) is 9.97 Å². The molecule has 7 aromatic rings. The van der Waals surface area contributed by atoms with Crippen molar-refractivity contribution in [1.29, 1.82) is 0 Å². The molecule has 8 rings (SSSR count). The molecular weight excluding hydrogens is 523 g/mol. The number of anilines is 3. The van der Waals surface area contributed by atoms with Crippen LogP contribution in [0, 0.1) is 0 Å². The topological polar surface area (TPSA) is 29.0 Å². The van der Waals surface area contributed by atoms with Crippen molar-refractivity contribution in [2.24, 2.45) is 0 Å². The number of benzene rings is 5. The lowest BCUT2D eigenvalue weighted by atomic mass is 10.1. The number of para-hydroxylation sites is 4. The summed E-state index contributed by atoms with van der Waals surface area (Å²) in [6.07, 6.45) is 0. The molecular formula is C32H19N3S3. The molecule has 0 unspecified atom stereocenters. The third-order valence-corrected chi connectivity index (χ3v) is 9.99. The Morgan fingerprint density at radius 1 is 0.500 bits per heavy atom. The van der Waals surface area contributed by atoms with E-state index in [-0.39, 0.29) is 0 Å². The quantitative estimate of drug-likeness (QED) is 0.222. The van der Waals surface area contributed by atoms with E-state index in [0.717, 1.165) is 37.9 Å². The van der Waals surface area contributed by atoms with Gasteiger partial charge in [0.1, 0.15) is 10.0 Å². The third-order valence-electron chi connectivity index (χ3n) is 6.69. The second kappa shape index (κ2) is 8.81. The van der Waals surface area contributed by atoms with Crippen LogP contribution in [-0.4, -0.2) is 9.97 Å². The predicted molar refractivity (Wildman–Crippen MR) is 162 cm³/mol. The molecule has 1 aliphatic rings. The van der Waals surface area contributed by atoms with Crippen molar-refractivity contribution >= 4 is 71.9 Å². The highest BCUT2D eigenvalue weighted by molar-refractivity contribution is 7.99. The molecule has 3 nitrogen and oxygen atoms in total. The van der Waals surface area contributed by atoms with Gasteiger partial charge in [0.2, 0.25) is 0 Å². The summed E-state index contributed by atoms with van der Waals surface area (Å²) in [5.41, 5.74) is 7.75. The summed E-state index contributed by atoms with van der Waals surface area (Å²) in [6, 6.07) is 40.8. The highest BCUT2D eigenvalue weighted by Crippen LogP contribution is 2.52. The van der Waals surface area contributed by atoms with Crippen LogP contribution in [0.4, 0.5) is 17.1 Å². The summed E-state index contributed by atoms with van der Waals surface area (Å²) < 4.78 is 2.39. The van der Waals surface area contributed by atoms with Crippen molar-refractivity contribution in [2.75, 3.05) is 4.90 Å². The Bertz CT molecular complexity index is 1780. The molecule has 6 heteroatoms. The molecule has 0 N–H and O–H groups in total. The molecule has 0 aliphatic carbocycles. The van der Waals surface area contributed by atoms with Gasteiger partial charge in [0.25, 0.3) is 0 Å². The van der Waals surface area contributed by atoms with Crippen LogP contribution in [0.5, 0.6) is 0 Å². The maximum absolute atomic E-state index is 5.01. The predicted octanol–water partition coefficient (Wildman–Crippen LogP) is 10.2. The molecule has 0 saturated heterocycles. The molecule has 2 aromatic heterocycles. The zero-order valence-electron chi connectivity index (χ0n) is 20.0. The summed E-state index contributed by atoms with van der Waals surface area (Å²) in [4.78, 5) is 14.9. The second-order valence-corrected chi connectivity index (χ2v) is 12.3. The van der Waals surface area contributed by atoms with E-state index >= 15 is 0 Å². The van der Waals surface area contributed by atoms with E-state index in [9.17, 15) is 0 Å². The van der Waals surface area contributed by atoms with Gasteiger partial charge < -0.3 is 4.90 Å². The largest absolute Gasteiger partial charge is 0.308 e. The van der Waals surface area contributed by atoms with E-state index in [1.807, 2.05) is 23.9 Å². The van der Waals surface area contributed by atoms with Crippen LogP contribution < -0.4 is 4.90 Å². The average Bonchev–Trinajstić information content (AvgIpc) is 3.60. The summed E-state index contributed by atoms with van der Waals surface area (Å²) in [5, 5.41) is 2.03. The lowest BCUT2D eigenvalue weighted by molar-refractivity contribution is 1.17. The first-order chi connectivity index (χ1) is 18.8. The van der Waals surface area contributed by atoms with Crippen LogP contribution in [0.15, 0.2) is 125 Å². The monoisotopic (exact) mass is 541 g/mol. The second-order valence-electron chi connectivity index (χ2n) is 9.11. The van der Waals surface area contributed by atoms with Gasteiger partial charge in [-0.25, -0.2) is 9.97 Å². The molecule has 0 amide bonds. The Hall–Kier alpha value is -3.97. The zero-order chi connectivity index (χ0) is 25.1. The molecule has 0 saturated carbocycles. The summed E-state index contributed by atoms with van der Waals surface area (Å²) >= 11 is 5.30. The van der Waals surface area contributed by atoms with E-state index < -0.39 is 0 Å². The Balaban J connectivity index is 1.39.